The fourth-order valence-corrected chi connectivity index (χ4v) is 12.1. The average Bonchev–Trinajstić information content (AvgIpc) is 4.18. The second-order valence-electron chi connectivity index (χ2n) is 17.9. The van der Waals surface area contributed by atoms with Crippen LogP contribution in [0.5, 0.6) is 0 Å². The summed E-state index contributed by atoms with van der Waals surface area (Å²) in [6, 6.07) is 79.6. The van der Waals surface area contributed by atoms with E-state index in [1.165, 1.54) is 58.5 Å². The van der Waals surface area contributed by atoms with Gasteiger partial charge in [0.2, 0.25) is 0 Å². The van der Waals surface area contributed by atoms with Crippen molar-refractivity contribution < 1.29 is 4.42 Å². The molecule has 326 valence electrons. The SMILES string of the molecule is c1ccc(-c2nc(-c3ccc4c(c3)oc3cc(-n5c6ccccc6c6ccccc65)ccc34)nc(-c3cccc4sc5c(-c6ccc7c8ccccc8n(-c8ccccc8)c7c6)cccc5c34)n2)cc1. The summed E-state index contributed by atoms with van der Waals surface area (Å²) in [5, 5.41) is 9.33. The summed E-state index contributed by atoms with van der Waals surface area (Å²) >= 11 is 1.82. The van der Waals surface area contributed by atoms with Crippen LogP contribution < -0.4 is 0 Å². The van der Waals surface area contributed by atoms with Crippen molar-refractivity contribution in [3.8, 4) is 56.7 Å². The molecule has 5 heterocycles. The highest BCUT2D eigenvalue weighted by atomic mass is 32.1. The van der Waals surface area contributed by atoms with Crippen LogP contribution in [-0.4, -0.2) is 24.1 Å². The Labute approximate surface area is 404 Å². The van der Waals surface area contributed by atoms with Gasteiger partial charge in [-0.2, -0.15) is 0 Å². The molecule has 15 aromatic rings. The molecule has 0 radical (unpaired) electrons. The van der Waals surface area contributed by atoms with E-state index in [4.69, 9.17) is 19.4 Å². The fourth-order valence-electron chi connectivity index (χ4n) is 10.8. The molecular weight excluding hydrogens is 875 g/mol. The first kappa shape index (κ1) is 38.9. The maximum absolute atomic E-state index is 6.73. The number of fused-ring (bicyclic) bond motifs is 12. The summed E-state index contributed by atoms with van der Waals surface area (Å²) in [5.41, 5.74) is 13.6. The second kappa shape index (κ2) is 15.2. The van der Waals surface area contributed by atoms with E-state index in [9.17, 15) is 0 Å². The molecular formula is C63H37N5OS. The van der Waals surface area contributed by atoms with Gasteiger partial charge in [0.1, 0.15) is 11.2 Å². The van der Waals surface area contributed by atoms with Crippen LogP contribution in [0, 0.1) is 0 Å². The molecule has 0 amide bonds. The largest absolute Gasteiger partial charge is 0.456 e. The molecule has 0 saturated carbocycles. The molecule has 0 spiro atoms. The Morgan fingerprint density at radius 1 is 0.329 bits per heavy atom. The van der Waals surface area contributed by atoms with E-state index >= 15 is 0 Å². The molecule has 0 fully saturated rings. The van der Waals surface area contributed by atoms with Crippen molar-refractivity contribution in [3.63, 3.8) is 0 Å². The van der Waals surface area contributed by atoms with Crippen LogP contribution in [0.2, 0.25) is 0 Å². The zero-order valence-electron chi connectivity index (χ0n) is 37.4. The van der Waals surface area contributed by atoms with Crippen molar-refractivity contribution in [1.29, 1.82) is 0 Å². The minimum atomic E-state index is 0.580. The normalized spacial score (nSPS) is 12.0. The number of benzene rings is 10. The van der Waals surface area contributed by atoms with Crippen LogP contribution >= 0.6 is 11.3 Å². The van der Waals surface area contributed by atoms with E-state index in [1.807, 2.05) is 29.5 Å². The first-order chi connectivity index (χ1) is 34.7. The van der Waals surface area contributed by atoms with E-state index in [2.05, 4.69) is 215 Å². The smallest absolute Gasteiger partial charge is 0.164 e. The third kappa shape index (κ3) is 5.89. The molecule has 6 nitrogen and oxygen atoms in total. The molecule has 0 aliphatic heterocycles. The summed E-state index contributed by atoms with van der Waals surface area (Å²) in [4.78, 5) is 15.7. The van der Waals surface area contributed by atoms with E-state index in [1.54, 1.807) is 0 Å². The molecule has 5 aromatic heterocycles. The molecule has 10 aromatic carbocycles. The topological polar surface area (TPSA) is 61.7 Å². The van der Waals surface area contributed by atoms with Crippen LogP contribution in [0.1, 0.15) is 0 Å². The van der Waals surface area contributed by atoms with Gasteiger partial charge in [0.15, 0.2) is 17.5 Å². The number of rotatable bonds is 6. The molecule has 0 unspecified atom stereocenters. The fraction of sp³-hybridized carbons (Fsp3) is 0. The van der Waals surface area contributed by atoms with Crippen LogP contribution in [0.4, 0.5) is 0 Å². The van der Waals surface area contributed by atoms with E-state index in [0.717, 1.165) is 66.4 Å². The number of nitrogens with zero attached hydrogens (tertiary/aromatic N) is 5. The summed E-state index contributed by atoms with van der Waals surface area (Å²) in [6.07, 6.45) is 0. The zero-order chi connectivity index (χ0) is 45.9. The van der Waals surface area contributed by atoms with Gasteiger partial charge in [0, 0.05) is 86.6 Å². The van der Waals surface area contributed by atoms with Gasteiger partial charge in [0.25, 0.3) is 0 Å². The molecule has 0 atom stereocenters. The quantitative estimate of drug-likeness (QED) is 0.167. The van der Waals surface area contributed by atoms with Gasteiger partial charge in [-0.05, 0) is 77.9 Å². The first-order valence-electron chi connectivity index (χ1n) is 23.5. The number of hydrogen-bond acceptors (Lipinski definition) is 5. The van der Waals surface area contributed by atoms with Gasteiger partial charge in [-0.15, -0.1) is 11.3 Å². The Morgan fingerprint density at radius 3 is 1.59 bits per heavy atom. The predicted molar refractivity (Wildman–Crippen MR) is 290 cm³/mol. The van der Waals surface area contributed by atoms with E-state index in [-0.39, 0.29) is 0 Å². The Bertz CT molecular complexity index is 4550. The highest BCUT2D eigenvalue weighted by Gasteiger charge is 2.21. The summed E-state index contributed by atoms with van der Waals surface area (Å²) < 4.78 is 13.8. The molecule has 0 aliphatic carbocycles. The Hall–Kier alpha value is -9.17. The Morgan fingerprint density at radius 2 is 0.857 bits per heavy atom. The van der Waals surface area contributed by atoms with Crippen molar-refractivity contribution in [2.75, 3.05) is 0 Å². The number of thiophene rings is 1. The van der Waals surface area contributed by atoms with Crippen LogP contribution in [0.25, 0.3) is 142 Å². The summed E-state index contributed by atoms with van der Waals surface area (Å²) in [6.45, 7) is 0. The third-order valence-electron chi connectivity index (χ3n) is 14.0. The van der Waals surface area contributed by atoms with Crippen LogP contribution in [0.3, 0.4) is 0 Å². The standard InChI is InChI=1S/C63H37N5OS/c1-3-15-38(16-4-1)61-64-62(40-30-33-48-49-34-31-42(37-57(49)69-56(48)36-40)68-53-26-11-7-19-44(53)45-20-8-12-27-54(45)68)66-63(65-61)51-24-14-28-58-59(51)50-23-13-22-43(60(50)70-58)39-29-32-47-46-21-9-10-25-52(46)67(55(47)35-39)41-17-5-2-6-18-41/h1-37H. The molecule has 0 N–H and O–H groups in total. The maximum atomic E-state index is 6.73. The van der Waals surface area contributed by atoms with E-state index in [0.29, 0.717) is 17.5 Å². The lowest BCUT2D eigenvalue weighted by molar-refractivity contribution is 0.668. The van der Waals surface area contributed by atoms with Gasteiger partial charge in [-0.3, -0.25) is 0 Å². The molecule has 15 rings (SSSR count). The number of aromatic nitrogens is 5. The van der Waals surface area contributed by atoms with Crippen LogP contribution in [0.15, 0.2) is 229 Å². The molecule has 0 aliphatic rings. The highest BCUT2D eigenvalue weighted by Crippen LogP contribution is 2.45. The lowest BCUT2D eigenvalue weighted by Crippen LogP contribution is -2.00. The predicted octanol–water partition coefficient (Wildman–Crippen LogP) is 17.0. The summed E-state index contributed by atoms with van der Waals surface area (Å²) in [7, 11) is 0. The van der Waals surface area contributed by atoms with Crippen molar-refractivity contribution in [3.05, 3.63) is 224 Å². The Balaban J connectivity index is 0.873. The Kier molecular flexibility index (Phi) is 8.43. The van der Waals surface area contributed by atoms with Crippen molar-refractivity contribution in [2.45, 2.75) is 0 Å². The first-order valence-corrected chi connectivity index (χ1v) is 24.3. The number of furan rings is 1. The molecule has 70 heavy (non-hydrogen) atoms. The second-order valence-corrected chi connectivity index (χ2v) is 19.0. The van der Waals surface area contributed by atoms with Gasteiger partial charge in [-0.1, -0.05) is 152 Å². The van der Waals surface area contributed by atoms with Crippen molar-refractivity contribution in [2.24, 2.45) is 0 Å². The molecule has 0 bridgehead atoms. The third-order valence-corrected chi connectivity index (χ3v) is 15.2. The van der Waals surface area contributed by atoms with Gasteiger partial charge < -0.3 is 13.6 Å². The zero-order valence-corrected chi connectivity index (χ0v) is 38.2. The van der Waals surface area contributed by atoms with E-state index < -0.39 is 0 Å². The molecule has 0 saturated heterocycles. The minimum absolute atomic E-state index is 0.580. The monoisotopic (exact) mass is 911 g/mol. The van der Waals surface area contributed by atoms with Crippen LogP contribution in [-0.2, 0) is 0 Å². The van der Waals surface area contributed by atoms with Crippen molar-refractivity contribution in [1.82, 2.24) is 24.1 Å². The van der Waals surface area contributed by atoms with Gasteiger partial charge in [-0.25, -0.2) is 15.0 Å². The number of hydrogen-bond donors (Lipinski definition) is 0. The highest BCUT2D eigenvalue weighted by molar-refractivity contribution is 7.26. The van der Waals surface area contributed by atoms with Gasteiger partial charge >= 0.3 is 0 Å². The van der Waals surface area contributed by atoms with Gasteiger partial charge in [0.05, 0.1) is 22.1 Å². The minimum Gasteiger partial charge on any atom is -0.456 e. The lowest BCUT2D eigenvalue weighted by atomic mass is 9.99. The average molecular weight is 912 g/mol. The maximum Gasteiger partial charge on any atom is 0.164 e. The summed E-state index contributed by atoms with van der Waals surface area (Å²) in [5.74, 6) is 1.81. The van der Waals surface area contributed by atoms with Crippen molar-refractivity contribution >= 4 is 97.1 Å². The lowest BCUT2D eigenvalue weighted by Gasteiger charge is -2.10. The molecule has 7 heteroatoms. The number of para-hydroxylation sites is 4.